The fourth-order valence-corrected chi connectivity index (χ4v) is 5.44. The van der Waals surface area contributed by atoms with Crippen LogP contribution in [0.3, 0.4) is 0 Å². The van der Waals surface area contributed by atoms with E-state index in [4.69, 9.17) is 17.3 Å². The van der Waals surface area contributed by atoms with Gasteiger partial charge >= 0.3 is 0 Å². The van der Waals surface area contributed by atoms with Crippen molar-refractivity contribution in [2.45, 2.75) is 44.1 Å². The van der Waals surface area contributed by atoms with E-state index in [1.165, 1.54) is 19.3 Å². The fraction of sp³-hybridized carbons (Fsp3) is 0.625. The number of nitrogens with zero attached hydrogens (tertiary/aromatic N) is 1. The summed E-state index contributed by atoms with van der Waals surface area (Å²) in [5, 5.41) is 3.58. The molecule has 4 saturated carbocycles. The molecule has 4 bridgehead atoms. The number of nitrogen functional groups attached to an aromatic ring is 1. The molecular weight excluding hydrogens is 286 g/mol. The zero-order valence-electron chi connectivity index (χ0n) is 11.9. The monoisotopic (exact) mass is 305 g/mol. The van der Waals surface area contributed by atoms with Crippen LogP contribution >= 0.6 is 11.6 Å². The van der Waals surface area contributed by atoms with Gasteiger partial charge in [-0.25, -0.2) is 4.98 Å². The van der Waals surface area contributed by atoms with Gasteiger partial charge < -0.3 is 11.1 Å². The minimum absolute atomic E-state index is 0.0103. The van der Waals surface area contributed by atoms with Crippen LogP contribution in [0.2, 0.25) is 5.15 Å². The zero-order valence-corrected chi connectivity index (χ0v) is 12.7. The number of aromatic nitrogens is 1. The van der Waals surface area contributed by atoms with E-state index in [-0.39, 0.29) is 22.4 Å². The molecule has 5 rings (SSSR count). The van der Waals surface area contributed by atoms with Gasteiger partial charge in [0.1, 0.15) is 11.0 Å². The van der Waals surface area contributed by atoms with Gasteiger partial charge in [0.2, 0.25) is 0 Å². The van der Waals surface area contributed by atoms with Crippen LogP contribution in [0.5, 0.6) is 0 Å². The Labute approximate surface area is 129 Å². The normalized spacial score (nSPS) is 36.7. The minimum atomic E-state index is -0.0621. The number of pyridine rings is 1. The van der Waals surface area contributed by atoms with Gasteiger partial charge in [0, 0.05) is 11.1 Å². The molecule has 3 N–H and O–H groups in total. The van der Waals surface area contributed by atoms with E-state index in [9.17, 15) is 4.79 Å². The smallest absolute Gasteiger partial charge is 0.251 e. The Hall–Kier alpha value is -1.29. The largest absolute Gasteiger partial charge is 0.384 e. The molecule has 112 valence electrons. The average molecular weight is 306 g/mol. The van der Waals surface area contributed by atoms with Gasteiger partial charge in [0.25, 0.3) is 5.91 Å². The van der Waals surface area contributed by atoms with Crippen molar-refractivity contribution >= 4 is 23.3 Å². The quantitative estimate of drug-likeness (QED) is 0.825. The Morgan fingerprint density at radius 3 is 2.29 bits per heavy atom. The highest BCUT2D eigenvalue weighted by molar-refractivity contribution is 6.29. The van der Waals surface area contributed by atoms with E-state index in [0.717, 1.165) is 37.0 Å². The van der Waals surface area contributed by atoms with Crippen LogP contribution in [-0.2, 0) is 0 Å². The molecule has 4 aliphatic rings. The Bertz CT molecular complexity index is 546. The highest BCUT2D eigenvalue weighted by Gasteiger charge is 2.51. The molecule has 1 amide bonds. The Kier molecular flexibility index (Phi) is 2.93. The Morgan fingerprint density at radius 2 is 1.76 bits per heavy atom. The highest BCUT2D eigenvalue weighted by Crippen LogP contribution is 2.55. The second-order valence-electron chi connectivity index (χ2n) is 7.26. The molecule has 1 aromatic rings. The lowest BCUT2D eigenvalue weighted by Gasteiger charge is -2.56. The molecular formula is C16H20ClN3O. The summed E-state index contributed by atoms with van der Waals surface area (Å²) < 4.78 is 0. The van der Waals surface area contributed by atoms with Gasteiger partial charge in [-0.2, -0.15) is 0 Å². The maximum Gasteiger partial charge on any atom is 0.251 e. The second kappa shape index (κ2) is 4.60. The molecule has 0 spiro atoms. The first kappa shape index (κ1) is 13.4. The van der Waals surface area contributed by atoms with Gasteiger partial charge in [-0.15, -0.1) is 0 Å². The molecule has 21 heavy (non-hydrogen) atoms. The number of hydrogen-bond donors (Lipinski definition) is 2. The number of halogens is 1. The summed E-state index contributed by atoms with van der Waals surface area (Å²) in [7, 11) is 0. The van der Waals surface area contributed by atoms with Crippen molar-refractivity contribution < 1.29 is 4.79 Å². The van der Waals surface area contributed by atoms with Crippen LogP contribution < -0.4 is 11.1 Å². The Morgan fingerprint density at radius 1 is 1.19 bits per heavy atom. The van der Waals surface area contributed by atoms with Crippen molar-refractivity contribution in [3.63, 3.8) is 0 Å². The van der Waals surface area contributed by atoms with E-state index in [2.05, 4.69) is 10.3 Å². The molecule has 0 saturated heterocycles. The zero-order chi connectivity index (χ0) is 14.6. The van der Waals surface area contributed by atoms with E-state index in [1.54, 1.807) is 12.1 Å². The second-order valence-corrected chi connectivity index (χ2v) is 7.64. The number of nitrogens with one attached hydrogen (secondary N) is 1. The molecule has 0 unspecified atom stereocenters. The molecule has 0 aliphatic heterocycles. The number of carbonyl (C=O) groups is 1. The van der Waals surface area contributed by atoms with Crippen LogP contribution in [0.15, 0.2) is 12.1 Å². The average Bonchev–Trinajstić information content (AvgIpc) is 2.35. The predicted octanol–water partition coefficient (Wildman–Crippen LogP) is 3.02. The van der Waals surface area contributed by atoms with Crippen molar-refractivity contribution in [1.29, 1.82) is 0 Å². The molecule has 5 heteroatoms. The molecule has 1 heterocycles. The van der Waals surface area contributed by atoms with E-state index >= 15 is 0 Å². The number of carbonyl (C=O) groups excluding carboxylic acids is 1. The first-order valence-electron chi connectivity index (χ1n) is 7.77. The van der Waals surface area contributed by atoms with E-state index in [1.807, 2.05) is 0 Å². The number of hydrogen-bond acceptors (Lipinski definition) is 3. The van der Waals surface area contributed by atoms with Gasteiger partial charge in [-0.1, -0.05) is 11.6 Å². The lowest BCUT2D eigenvalue weighted by atomic mass is 9.53. The summed E-state index contributed by atoms with van der Waals surface area (Å²) in [6.07, 6.45) is 7.51. The first-order chi connectivity index (χ1) is 10.0. The van der Waals surface area contributed by atoms with Gasteiger partial charge in [0.15, 0.2) is 0 Å². The lowest BCUT2D eigenvalue weighted by Crippen LogP contribution is -2.59. The number of rotatable bonds is 2. The van der Waals surface area contributed by atoms with Crippen LogP contribution in [0.1, 0.15) is 48.9 Å². The third-order valence-electron chi connectivity index (χ3n) is 5.49. The number of nitrogens with two attached hydrogens (primary N) is 1. The summed E-state index contributed by atoms with van der Waals surface area (Å²) >= 11 is 5.90. The van der Waals surface area contributed by atoms with E-state index in [0.29, 0.717) is 5.56 Å². The standard InChI is InChI=1S/C16H20ClN3O/c17-13-4-12(5-14(18)19-13)15(21)20-16-6-9-1-10(7-16)3-11(2-9)8-16/h4-5,9-11H,1-3,6-8H2,(H2,18,19)(H,20,21). The minimum Gasteiger partial charge on any atom is -0.384 e. The van der Waals surface area contributed by atoms with Crippen molar-refractivity contribution in [3.05, 3.63) is 22.8 Å². The van der Waals surface area contributed by atoms with Crippen LogP contribution in [0, 0.1) is 17.8 Å². The first-order valence-corrected chi connectivity index (χ1v) is 8.15. The molecule has 0 aromatic carbocycles. The van der Waals surface area contributed by atoms with Crippen LogP contribution in [-0.4, -0.2) is 16.4 Å². The summed E-state index contributed by atoms with van der Waals surface area (Å²) in [5.41, 5.74) is 6.21. The summed E-state index contributed by atoms with van der Waals surface area (Å²) in [4.78, 5) is 16.5. The SMILES string of the molecule is Nc1cc(C(=O)NC23CC4CC(CC(C4)C2)C3)cc(Cl)n1. The molecule has 0 radical (unpaired) electrons. The molecule has 1 aromatic heterocycles. The Balaban J connectivity index is 1.56. The number of anilines is 1. The third kappa shape index (κ3) is 2.39. The highest BCUT2D eigenvalue weighted by atomic mass is 35.5. The predicted molar refractivity (Wildman–Crippen MR) is 82.0 cm³/mol. The molecule has 4 fully saturated rings. The molecule has 4 nitrogen and oxygen atoms in total. The van der Waals surface area contributed by atoms with Crippen LogP contribution in [0.4, 0.5) is 5.82 Å². The maximum absolute atomic E-state index is 12.6. The fourth-order valence-electron chi connectivity index (χ4n) is 5.23. The summed E-state index contributed by atoms with van der Waals surface area (Å²) in [5.74, 6) is 2.65. The van der Waals surface area contributed by atoms with Gasteiger partial charge in [0.05, 0.1) is 0 Å². The van der Waals surface area contributed by atoms with Gasteiger partial charge in [-0.05, 0) is 68.4 Å². The van der Waals surface area contributed by atoms with Crippen molar-refractivity contribution in [3.8, 4) is 0 Å². The summed E-state index contributed by atoms with van der Waals surface area (Å²) in [6, 6.07) is 3.19. The van der Waals surface area contributed by atoms with Crippen molar-refractivity contribution in [1.82, 2.24) is 10.3 Å². The molecule has 0 atom stereocenters. The number of amides is 1. The molecule has 4 aliphatic carbocycles. The lowest BCUT2D eigenvalue weighted by molar-refractivity contribution is -0.0167. The van der Waals surface area contributed by atoms with Crippen LogP contribution in [0.25, 0.3) is 0 Å². The maximum atomic E-state index is 12.6. The topological polar surface area (TPSA) is 68.0 Å². The van der Waals surface area contributed by atoms with Gasteiger partial charge in [-0.3, -0.25) is 4.79 Å². The third-order valence-corrected chi connectivity index (χ3v) is 5.69. The summed E-state index contributed by atoms with van der Waals surface area (Å²) in [6.45, 7) is 0. The van der Waals surface area contributed by atoms with Crippen molar-refractivity contribution in [2.75, 3.05) is 5.73 Å². The van der Waals surface area contributed by atoms with Crippen molar-refractivity contribution in [2.24, 2.45) is 17.8 Å². The van der Waals surface area contributed by atoms with E-state index < -0.39 is 0 Å².